The minimum absolute atomic E-state index is 0.0699. The van der Waals surface area contributed by atoms with Crippen molar-refractivity contribution in [3.05, 3.63) is 106 Å². The van der Waals surface area contributed by atoms with Crippen molar-refractivity contribution in [1.29, 1.82) is 0 Å². The second-order valence-corrected chi connectivity index (χ2v) is 9.07. The molecule has 0 radical (unpaired) electrons. The molecule has 3 nitrogen and oxygen atoms in total. The fourth-order valence-electron chi connectivity index (χ4n) is 2.53. The first kappa shape index (κ1) is 19.8. The van der Waals surface area contributed by atoms with Gasteiger partial charge in [0.15, 0.2) is 0 Å². The van der Waals surface area contributed by atoms with Gasteiger partial charge in [-0.25, -0.2) is 8.42 Å². The molecule has 0 saturated carbocycles. The Hall–Kier alpha value is -1.96. The molecule has 0 aromatic heterocycles. The average molecular weight is 509 g/mol. The van der Waals surface area contributed by atoms with Crippen LogP contribution in [-0.2, 0) is 9.84 Å². The van der Waals surface area contributed by atoms with Crippen molar-refractivity contribution in [2.75, 3.05) is 0 Å². The monoisotopic (exact) mass is 508 g/mol. The van der Waals surface area contributed by atoms with Crippen LogP contribution < -0.4 is 0 Å². The summed E-state index contributed by atoms with van der Waals surface area (Å²) in [6.07, 6.45) is 0. The molecule has 136 valence electrons. The van der Waals surface area contributed by atoms with Gasteiger partial charge in [0.05, 0.1) is 4.90 Å². The predicted octanol–water partition coefficient (Wildman–Crippen LogP) is 5.80. The van der Waals surface area contributed by atoms with Crippen LogP contribution in [0.5, 0.6) is 0 Å². The molecule has 0 aliphatic heterocycles. The molecule has 0 heterocycles. The highest BCUT2D eigenvalue weighted by Gasteiger charge is 2.31. The SMILES string of the molecule is O=C(/C(=C(\I)c1ccccc1)S(=O)(=O)c1ccccc1)c1cccc(Cl)c1. The molecule has 0 spiro atoms. The third kappa shape index (κ3) is 4.31. The Labute approximate surface area is 176 Å². The van der Waals surface area contributed by atoms with Gasteiger partial charge < -0.3 is 0 Å². The maximum atomic E-state index is 13.3. The van der Waals surface area contributed by atoms with Crippen LogP contribution in [-0.4, -0.2) is 14.2 Å². The van der Waals surface area contributed by atoms with E-state index in [0.29, 0.717) is 14.2 Å². The summed E-state index contributed by atoms with van der Waals surface area (Å²) in [5, 5.41) is 0.368. The van der Waals surface area contributed by atoms with Crippen molar-refractivity contribution < 1.29 is 13.2 Å². The summed E-state index contributed by atoms with van der Waals surface area (Å²) >= 11 is 7.92. The molecule has 0 bridgehead atoms. The molecule has 3 aromatic rings. The maximum absolute atomic E-state index is 13.3. The van der Waals surface area contributed by atoms with E-state index in [2.05, 4.69) is 0 Å². The molecule has 0 unspecified atom stereocenters. The first-order valence-corrected chi connectivity index (χ1v) is 10.9. The maximum Gasteiger partial charge on any atom is 0.211 e. The summed E-state index contributed by atoms with van der Waals surface area (Å²) in [5.74, 6) is -0.588. The number of hydrogen-bond acceptors (Lipinski definition) is 3. The zero-order chi connectivity index (χ0) is 19.4. The summed E-state index contributed by atoms with van der Waals surface area (Å²) < 4.78 is 27.0. The first-order valence-electron chi connectivity index (χ1n) is 7.97. The van der Waals surface area contributed by atoms with E-state index >= 15 is 0 Å². The number of rotatable bonds is 5. The Kier molecular flexibility index (Phi) is 6.14. The van der Waals surface area contributed by atoms with Crippen molar-refractivity contribution >= 4 is 53.4 Å². The highest BCUT2D eigenvalue weighted by atomic mass is 127. The van der Waals surface area contributed by atoms with Crippen molar-refractivity contribution in [3.63, 3.8) is 0 Å². The highest BCUT2D eigenvalue weighted by Crippen LogP contribution is 2.34. The molecule has 0 amide bonds. The second-order valence-electron chi connectivity index (χ2n) is 5.67. The lowest BCUT2D eigenvalue weighted by atomic mass is 10.1. The first-order chi connectivity index (χ1) is 12.9. The quantitative estimate of drug-likeness (QED) is 0.249. The number of halogens is 2. The lowest BCUT2D eigenvalue weighted by Crippen LogP contribution is -2.15. The normalized spacial score (nSPS) is 12.4. The number of Topliss-reactive ketones (excluding diaryl/α,β-unsaturated/α-hetero) is 1. The Morgan fingerprint density at radius 1 is 0.778 bits per heavy atom. The van der Waals surface area contributed by atoms with E-state index in [-0.39, 0.29) is 15.4 Å². The number of allylic oxidation sites excluding steroid dienone is 1. The number of ketones is 1. The van der Waals surface area contributed by atoms with Gasteiger partial charge in [-0.15, -0.1) is 0 Å². The van der Waals surface area contributed by atoms with Crippen LogP contribution >= 0.6 is 34.2 Å². The molecule has 0 aliphatic carbocycles. The van der Waals surface area contributed by atoms with Gasteiger partial charge in [0.1, 0.15) is 4.91 Å². The zero-order valence-electron chi connectivity index (χ0n) is 14.0. The summed E-state index contributed by atoms with van der Waals surface area (Å²) in [4.78, 5) is 13.0. The predicted molar refractivity (Wildman–Crippen MR) is 117 cm³/mol. The van der Waals surface area contributed by atoms with Crippen LogP contribution in [0.3, 0.4) is 0 Å². The van der Waals surface area contributed by atoms with Crippen molar-refractivity contribution in [3.8, 4) is 0 Å². The molecule has 0 atom stereocenters. The van der Waals surface area contributed by atoms with Crippen LogP contribution in [0.4, 0.5) is 0 Å². The Bertz CT molecular complexity index is 1110. The van der Waals surface area contributed by atoms with Crippen LogP contribution in [0, 0.1) is 0 Å². The minimum Gasteiger partial charge on any atom is -0.288 e. The molecule has 0 N–H and O–H groups in total. The van der Waals surface area contributed by atoms with Crippen molar-refractivity contribution in [2.45, 2.75) is 4.90 Å². The molecule has 0 fully saturated rings. The van der Waals surface area contributed by atoms with Crippen molar-refractivity contribution in [1.82, 2.24) is 0 Å². The zero-order valence-corrected chi connectivity index (χ0v) is 17.7. The summed E-state index contributed by atoms with van der Waals surface area (Å²) in [6.45, 7) is 0. The third-order valence-corrected chi connectivity index (χ3v) is 7.42. The van der Waals surface area contributed by atoms with E-state index in [1.807, 2.05) is 28.7 Å². The molecule has 0 aliphatic rings. The Morgan fingerprint density at radius 2 is 1.33 bits per heavy atom. The van der Waals surface area contributed by atoms with Crippen LogP contribution in [0.15, 0.2) is 94.7 Å². The Morgan fingerprint density at radius 3 is 1.93 bits per heavy atom. The fraction of sp³-hybridized carbons (Fsp3) is 0. The van der Waals surface area contributed by atoms with E-state index in [0.717, 1.165) is 0 Å². The second kappa shape index (κ2) is 8.37. The van der Waals surface area contributed by atoms with Gasteiger partial charge in [-0.05, 0) is 52.4 Å². The largest absolute Gasteiger partial charge is 0.288 e. The Balaban J connectivity index is 2.26. The van der Waals surface area contributed by atoms with E-state index in [1.165, 1.54) is 18.2 Å². The molecule has 6 heteroatoms. The van der Waals surface area contributed by atoms with E-state index < -0.39 is 15.6 Å². The van der Waals surface area contributed by atoms with Crippen molar-refractivity contribution in [2.24, 2.45) is 0 Å². The minimum atomic E-state index is -4.03. The number of carbonyl (C=O) groups is 1. The molecule has 3 rings (SSSR count). The molecular weight excluding hydrogens is 495 g/mol. The average Bonchev–Trinajstić information content (AvgIpc) is 2.69. The van der Waals surface area contributed by atoms with Crippen LogP contribution in [0.2, 0.25) is 5.02 Å². The fourth-order valence-corrected chi connectivity index (χ4v) is 5.66. The number of hydrogen-bond donors (Lipinski definition) is 0. The summed E-state index contributed by atoms with van der Waals surface area (Å²) in [7, 11) is -4.03. The van der Waals surface area contributed by atoms with Gasteiger partial charge in [-0.1, -0.05) is 72.3 Å². The van der Waals surface area contributed by atoms with E-state index in [4.69, 9.17) is 11.6 Å². The van der Waals surface area contributed by atoms with Gasteiger partial charge in [0, 0.05) is 14.2 Å². The topological polar surface area (TPSA) is 51.2 Å². The molecule has 0 saturated heterocycles. The molecular formula is C21H14ClIO3S. The summed E-state index contributed by atoms with van der Waals surface area (Å²) in [6, 6.07) is 23.2. The van der Waals surface area contributed by atoms with E-state index in [1.54, 1.807) is 60.7 Å². The smallest absolute Gasteiger partial charge is 0.211 e. The summed E-state index contributed by atoms with van der Waals surface area (Å²) in [5.41, 5.74) is 0.880. The van der Waals surface area contributed by atoms with Crippen LogP contribution in [0.1, 0.15) is 15.9 Å². The van der Waals surface area contributed by atoms with Gasteiger partial charge in [0.25, 0.3) is 0 Å². The standard InChI is InChI=1S/C21H14ClIO3S/c22-17-11-7-10-16(14-17)20(24)21(19(23)15-8-3-1-4-9-15)27(25,26)18-12-5-2-6-13-18/h1-14H/b21-19+. The van der Waals surface area contributed by atoms with Gasteiger partial charge in [0.2, 0.25) is 15.6 Å². The number of carbonyl (C=O) groups excluding carboxylic acids is 1. The highest BCUT2D eigenvalue weighted by molar-refractivity contribution is 14.1. The van der Waals surface area contributed by atoms with Gasteiger partial charge in [-0.2, -0.15) is 0 Å². The third-order valence-electron chi connectivity index (χ3n) is 3.84. The van der Waals surface area contributed by atoms with Gasteiger partial charge >= 0.3 is 0 Å². The number of sulfone groups is 1. The lowest BCUT2D eigenvalue weighted by Gasteiger charge is -2.12. The molecule has 27 heavy (non-hydrogen) atoms. The lowest BCUT2D eigenvalue weighted by molar-refractivity contribution is 0.104. The van der Waals surface area contributed by atoms with Crippen LogP contribution in [0.25, 0.3) is 3.58 Å². The van der Waals surface area contributed by atoms with Gasteiger partial charge in [-0.3, -0.25) is 4.79 Å². The molecule has 3 aromatic carbocycles. The number of benzene rings is 3. The van der Waals surface area contributed by atoms with E-state index in [9.17, 15) is 13.2 Å².